The minimum absolute atomic E-state index is 0.769. The van der Waals surface area contributed by atoms with E-state index < -0.39 is 0 Å². The van der Waals surface area contributed by atoms with Crippen molar-refractivity contribution in [2.75, 3.05) is 43.4 Å². The van der Waals surface area contributed by atoms with Gasteiger partial charge in [0, 0.05) is 66.3 Å². The highest BCUT2D eigenvalue weighted by Crippen LogP contribution is 2.38. The second-order valence-corrected chi connectivity index (χ2v) is 9.67. The summed E-state index contributed by atoms with van der Waals surface area (Å²) < 4.78 is 2.51. The van der Waals surface area contributed by atoms with Crippen molar-refractivity contribution in [3.63, 3.8) is 0 Å². The number of aromatic amines is 1. The maximum atomic E-state index is 4.61. The predicted octanol–water partition coefficient (Wildman–Crippen LogP) is 5.20. The third-order valence-corrected chi connectivity index (χ3v) is 7.56. The number of rotatable bonds is 5. The molecule has 6 rings (SSSR count). The first-order chi connectivity index (χ1) is 16.2. The number of hydrogen-bond acceptors (Lipinski definition) is 6. The molecule has 0 radical (unpaired) electrons. The molecule has 33 heavy (non-hydrogen) atoms. The number of pyridine rings is 1. The molecule has 7 heteroatoms. The van der Waals surface area contributed by atoms with Crippen LogP contribution in [0.3, 0.4) is 0 Å². The van der Waals surface area contributed by atoms with E-state index in [1.165, 1.54) is 20.3 Å². The van der Waals surface area contributed by atoms with Gasteiger partial charge in [-0.15, -0.1) is 11.3 Å². The van der Waals surface area contributed by atoms with Crippen LogP contribution < -0.4 is 10.2 Å². The van der Waals surface area contributed by atoms with Gasteiger partial charge in [0.2, 0.25) is 0 Å². The molecule has 6 nitrogen and oxygen atoms in total. The number of piperazine rings is 1. The fourth-order valence-corrected chi connectivity index (χ4v) is 5.57. The number of benzene rings is 2. The Morgan fingerprint density at radius 1 is 1.00 bits per heavy atom. The van der Waals surface area contributed by atoms with Crippen LogP contribution in [0.1, 0.15) is 5.56 Å². The van der Waals surface area contributed by atoms with Gasteiger partial charge in [0.05, 0.1) is 10.2 Å². The van der Waals surface area contributed by atoms with Crippen molar-refractivity contribution < 1.29 is 0 Å². The number of nitrogens with zero attached hydrogens (tertiary/aromatic N) is 4. The molecule has 0 amide bonds. The summed E-state index contributed by atoms with van der Waals surface area (Å²) >= 11 is 1.80. The van der Waals surface area contributed by atoms with Crippen molar-refractivity contribution in [2.45, 2.75) is 6.54 Å². The van der Waals surface area contributed by atoms with Crippen molar-refractivity contribution in [3.8, 4) is 11.3 Å². The number of aromatic nitrogens is 3. The van der Waals surface area contributed by atoms with Crippen LogP contribution in [0.4, 0.5) is 11.5 Å². The van der Waals surface area contributed by atoms with E-state index in [1.807, 2.05) is 12.3 Å². The number of H-pyrrole nitrogens is 1. The molecule has 0 saturated carbocycles. The zero-order chi connectivity index (χ0) is 22.2. The highest BCUT2D eigenvalue weighted by molar-refractivity contribution is 7.26. The molecule has 5 aromatic rings. The summed E-state index contributed by atoms with van der Waals surface area (Å²) in [6, 6.07) is 21.4. The van der Waals surface area contributed by atoms with Crippen LogP contribution in [0, 0.1) is 0 Å². The fraction of sp³-hybridized carbons (Fsp3) is 0.231. The summed E-state index contributed by atoms with van der Waals surface area (Å²) in [5.74, 6) is 1.05. The topological polar surface area (TPSA) is 60.1 Å². The summed E-state index contributed by atoms with van der Waals surface area (Å²) in [4.78, 5) is 9.30. The first-order valence-electron chi connectivity index (χ1n) is 11.3. The Hall–Kier alpha value is -3.42. The van der Waals surface area contributed by atoms with E-state index in [2.05, 4.69) is 91.9 Å². The smallest absolute Gasteiger partial charge is 0.130 e. The van der Waals surface area contributed by atoms with Crippen LogP contribution >= 0.6 is 11.3 Å². The Morgan fingerprint density at radius 3 is 2.67 bits per heavy atom. The summed E-state index contributed by atoms with van der Waals surface area (Å²) in [6.45, 7) is 4.97. The Kier molecular flexibility index (Phi) is 5.20. The minimum atomic E-state index is 0.769. The van der Waals surface area contributed by atoms with Gasteiger partial charge in [-0.3, -0.25) is 5.10 Å². The van der Waals surface area contributed by atoms with E-state index >= 15 is 0 Å². The van der Waals surface area contributed by atoms with Crippen LogP contribution in [0.15, 0.2) is 66.9 Å². The first-order valence-corrected chi connectivity index (χ1v) is 12.1. The van der Waals surface area contributed by atoms with Crippen molar-refractivity contribution in [1.82, 2.24) is 20.1 Å². The van der Waals surface area contributed by atoms with Crippen LogP contribution in [0.5, 0.6) is 0 Å². The molecule has 3 aromatic heterocycles. The van der Waals surface area contributed by atoms with Gasteiger partial charge in [0.15, 0.2) is 0 Å². The molecule has 0 atom stereocenters. The molecular weight excluding hydrogens is 428 g/mol. The number of fused-ring (bicyclic) bond motifs is 3. The molecule has 166 valence electrons. The third kappa shape index (κ3) is 3.94. The lowest BCUT2D eigenvalue weighted by Crippen LogP contribution is -2.44. The number of anilines is 2. The van der Waals surface area contributed by atoms with Crippen molar-refractivity contribution in [2.24, 2.45) is 0 Å². The summed E-state index contributed by atoms with van der Waals surface area (Å²) in [7, 11) is 2.17. The molecule has 0 aliphatic carbocycles. The fourth-order valence-electron chi connectivity index (χ4n) is 4.40. The van der Waals surface area contributed by atoms with Gasteiger partial charge in [-0.25, -0.2) is 4.98 Å². The van der Waals surface area contributed by atoms with E-state index in [0.717, 1.165) is 61.0 Å². The maximum absolute atomic E-state index is 4.61. The van der Waals surface area contributed by atoms with Gasteiger partial charge in [-0.05, 0) is 24.7 Å². The quantitative estimate of drug-likeness (QED) is 0.382. The highest BCUT2D eigenvalue weighted by Gasteiger charge is 2.16. The molecule has 4 heterocycles. The van der Waals surface area contributed by atoms with Crippen molar-refractivity contribution >= 4 is 43.1 Å². The molecule has 0 unspecified atom stereocenters. The van der Waals surface area contributed by atoms with Crippen LogP contribution in [-0.4, -0.2) is 53.3 Å². The largest absolute Gasteiger partial charge is 0.381 e. The highest BCUT2D eigenvalue weighted by atomic mass is 32.1. The number of likely N-dealkylation sites (N-methyl/N-ethyl adjacent to an activating group) is 1. The van der Waals surface area contributed by atoms with Gasteiger partial charge < -0.3 is 15.1 Å². The number of thiophene rings is 1. The number of hydrogen-bond donors (Lipinski definition) is 2. The zero-order valence-electron chi connectivity index (χ0n) is 18.6. The molecule has 0 spiro atoms. The summed E-state index contributed by atoms with van der Waals surface area (Å²) in [6.07, 6.45) is 1.90. The number of nitrogens with one attached hydrogen (secondary N) is 2. The van der Waals surface area contributed by atoms with Gasteiger partial charge in [0.25, 0.3) is 0 Å². The van der Waals surface area contributed by atoms with Crippen molar-refractivity contribution in [3.05, 3.63) is 72.4 Å². The molecule has 2 aromatic carbocycles. The average molecular weight is 455 g/mol. The van der Waals surface area contributed by atoms with E-state index in [1.54, 1.807) is 11.3 Å². The lowest BCUT2D eigenvalue weighted by Gasteiger charge is -2.33. The van der Waals surface area contributed by atoms with Crippen LogP contribution in [0.2, 0.25) is 0 Å². The lowest BCUT2D eigenvalue weighted by atomic mass is 10.1. The summed E-state index contributed by atoms with van der Waals surface area (Å²) in [5, 5.41) is 12.6. The van der Waals surface area contributed by atoms with E-state index in [-0.39, 0.29) is 0 Å². The van der Waals surface area contributed by atoms with E-state index in [4.69, 9.17) is 0 Å². The van der Waals surface area contributed by atoms with Crippen LogP contribution in [-0.2, 0) is 6.54 Å². The second-order valence-electron chi connectivity index (χ2n) is 8.62. The molecule has 0 bridgehead atoms. The normalized spacial score (nSPS) is 14.9. The second kappa shape index (κ2) is 8.50. The molecule has 1 saturated heterocycles. The zero-order valence-corrected chi connectivity index (χ0v) is 19.4. The van der Waals surface area contributed by atoms with Crippen molar-refractivity contribution in [1.29, 1.82) is 0 Å². The maximum Gasteiger partial charge on any atom is 0.130 e. The molecule has 1 aliphatic heterocycles. The molecular formula is C26H26N6S. The third-order valence-electron chi connectivity index (χ3n) is 6.39. The minimum Gasteiger partial charge on any atom is -0.381 e. The molecule has 2 N–H and O–H groups in total. The predicted molar refractivity (Wildman–Crippen MR) is 138 cm³/mol. The summed E-state index contributed by atoms with van der Waals surface area (Å²) in [5.41, 5.74) is 5.63. The average Bonchev–Trinajstić information content (AvgIpc) is 3.43. The standard InChI is InChI=1S/C26H26N6S/c1-31-12-14-32(15-13-31)23-16-20(10-11-27-23)28-17-18-6-8-19(9-7-18)24-26-25(30-29-24)21-4-2-3-5-22(21)33-26/h2-11,16H,12-15,17H2,1H3,(H,27,28)(H,29,30). The van der Waals surface area contributed by atoms with E-state index in [9.17, 15) is 0 Å². The Labute approximate surface area is 196 Å². The van der Waals surface area contributed by atoms with Gasteiger partial charge in [0.1, 0.15) is 11.5 Å². The Balaban J connectivity index is 1.16. The van der Waals surface area contributed by atoms with Gasteiger partial charge in [-0.2, -0.15) is 5.10 Å². The van der Waals surface area contributed by atoms with E-state index in [0.29, 0.717) is 0 Å². The SMILES string of the molecule is CN1CCN(c2cc(NCc3ccc(-c4n[nH]c5c4sc4ccccc45)cc3)ccn2)CC1. The van der Waals surface area contributed by atoms with Gasteiger partial charge >= 0.3 is 0 Å². The Morgan fingerprint density at radius 2 is 1.82 bits per heavy atom. The Bertz CT molecular complexity index is 1400. The lowest BCUT2D eigenvalue weighted by molar-refractivity contribution is 0.312. The molecule has 1 aliphatic rings. The van der Waals surface area contributed by atoms with Gasteiger partial charge in [-0.1, -0.05) is 42.5 Å². The monoisotopic (exact) mass is 454 g/mol. The molecule has 1 fully saturated rings. The first kappa shape index (κ1) is 20.2. The van der Waals surface area contributed by atoms with Crippen LogP contribution in [0.25, 0.3) is 31.6 Å².